The molecule has 0 heterocycles. The molecule has 0 saturated heterocycles. The molecule has 422 valence electrons. The van der Waals surface area contributed by atoms with Gasteiger partial charge in [0.2, 0.25) is 0 Å². The standard InChI is InChI=1S/C66H122O6/c1-4-7-10-13-16-19-22-25-28-31-32-33-34-36-38-41-44-47-50-53-56-59-65(68)71-62-63(61-70-64(67)58-55-52-49-46-43-40-37-30-27-24-21-18-15-12-9-6-3)72-66(69)60-57-54-51-48-45-42-39-35-29-26-23-20-17-14-11-8-5-2/h21,24,26,29-30,37,63H,4-20,22-23,25,27-28,31-36,38-62H2,1-3H3/b24-21-,29-26-,37-30-. The van der Waals surface area contributed by atoms with Gasteiger partial charge in [0.1, 0.15) is 13.2 Å². The lowest BCUT2D eigenvalue weighted by molar-refractivity contribution is -0.167. The van der Waals surface area contributed by atoms with Crippen LogP contribution in [0.3, 0.4) is 0 Å². The lowest BCUT2D eigenvalue weighted by Crippen LogP contribution is -2.30. The van der Waals surface area contributed by atoms with Crippen LogP contribution in [0.25, 0.3) is 0 Å². The van der Waals surface area contributed by atoms with Gasteiger partial charge in [0, 0.05) is 19.3 Å². The van der Waals surface area contributed by atoms with Gasteiger partial charge in [-0.25, -0.2) is 0 Å². The van der Waals surface area contributed by atoms with E-state index in [4.69, 9.17) is 14.2 Å². The fraction of sp³-hybridized carbons (Fsp3) is 0.864. The summed E-state index contributed by atoms with van der Waals surface area (Å²) in [5.41, 5.74) is 0. The molecular formula is C66H122O6. The van der Waals surface area contributed by atoms with E-state index in [0.717, 1.165) is 77.0 Å². The number of hydrogen-bond donors (Lipinski definition) is 0. The van der Waals surface area contributed by atoms with Gasteiger partial charge in [-0.15, -0.1) is 0 Å². The van der Waals surface area contributed by atoms with Gasteiger partial charge in [0.15, 0.2) is 6.10 Å². The molecule has 0 rings (SSSR count). The molecule has 6 heteroatoms. The van der Waals surface area contributed by atoms with Gasteiger partial charge >= 0.3 is 17.9 Å². The summed E-state index contributed by atoms with van der Waals surface area (Å²) in [5.74, 6) is -0.870. The van der Waals surface area contributed by atoms with Gasteiger partial charge in [0.05, 0.1) is 0 Å². The Morgan fingerprint density at radius 3 is 0.792 bits per heavy atom. The summed E-state index contributed by atoms with van der Waals surface area (Å²) >= 11 is 0. The third kappa shape index (κ3) is 58.5. The maximum Gasteiger partial charge on any atom is 0.306 e. The van der Waals surface area contributed by atoms with E-state index in [1.165, 1.54) is 231 Å². The van der Waals surface area contributed by atoms with Crippen molar-refractivity contribution in [1.29, 1.82) is 0 Å². The number of unbranched alkanes of at least 4 members (excludes halogenated alkanes) is 42. The van der Waals surface area contributed by atoms with Crippen LogP contribution in [-0.4, -0.2) is 37.2 Å². The highest BCUT2D eigenvalue weighted by Gasteiger charge is 2.19. The van der Waals surface area contributed by atoms with E-state index < -0.39 is 6.10 Å². The second-order valence-corrected chi connectivity index (χ2v) is 21.7. The first-order chi connectivity index (χ1) is 35.5. The van der Waals surface area contributed by atoms with Crippen LogP contribution in [0.5, 0.6) is 0 Å². The van der Waals surface area contributed by atoms with Crippen LogP contribution in [-0.2, 0) is 28.6 Å². The predicted octanol–water partition coefficient (Wildman–Crippen LogP) is 21.6. The van der Waals surface area contributed by atoms with Crippen molar-refractivity contribution in [1.82, 2.24) is 0 Å². The van der Waals surface area contributed by atoms with Crippen LogP contribution in [0.1, 0.15) is 348 Å². The zero-order valence-corrected chi connectivity index (χ0v) is 48.5. The van der Waals surface area contributed by atoms with E-state index in [1.807, 2.05) is 0 Å². The summed E-state index contributed by atoms with van der Waals surface area (Å²) in [4.78, 5) is 38.3. The lowest BCUT2D eigenvalue weighted by atomic mass is 10.0. The predicted molar refractivity (Wildman–Crippen MR) is 312 cm³/mol. The number of rotatable bonds is 59. The second kappa shape index (κ2) is 61.2. The second-order valence-electron chi connectivity index (χ2n) is 21.7. The van der Waals surface area contributed by atoms with Crippen LogP contribution in [0.2, 0.25) is 0 Å². The van der Waals surface area contributed by atoms with Crippen LogP contribution >= 0.6 is 0 Å². The molecule has 0 aromatic rings. The fourth-order valence-electron chi connectivity index (χ4n) is 9.53. The van der Waals surface area contributed by atoms with Gasteiger partial charge < -0.3 is 14.2 Å². The number of carbonyl (C=O) groups is 3. The summed E-state index contributed by atoms with van der Waals surface area (Å²) in [6.45, 7) is 6.66. The first-order valence-electron chi connectivity index (χ1n) is 32.0. The Balaban J connectivity index is 4.33. The number of carbonyl (C=O) groups excluding carboxylic acids is 3. The molecule has 0 aliphatic rings. The normalized spacial score (nSPS) is 12.2. The average Bonchev–Trinajstić information content (AvgIpc) is 3.38. The van der Waals surface area contributed by atoms with Crippen molar-refractivity contribution in [3.8, 4) is 0 Å². The van der Waals surface area contributed by atoms with Gasteiger partial charge in [-0.3, -0.25) is 14.4 Å². The van der Waals surface area contributed by atoms with Crippen LogP contribution in [0, 0.1) is 0 Å². The zero-order valence-electron chi connectivity index (χ0n) is 48.5. The average molecular weight is 1010 g/mol. The van der Waals surface area contributed by atoms with E-state index in [2.05, 4.69) is 57.2 Å². The Labute approximate surface area is 448 Å². The molecule has 0 N–H and O–H groups in total. The first kappa shape index (κ1) is 69.6. The highest BCUT2D eigenvalue weighted by molar-refractivity contribution is 5.71. The minimum atomic E-state index is -0.778. The van der Waals surface area contributed by atoms with E-state index in [9.17, 15) is 14.4 Å². The number of esters is 3. The Morgan fingerprint density at radius 2 is 0.500 bits per heavy atom. The molecule has 0 amide bonds. The summed E-state index contributed by atoms with van der Waals surface area (Å²) in [7, 11) is 0. The van der Waals surface area contributed by atoms with Crippen molar-refractivity contribution in [3.05, 3.63) is 36.5 Å². The molecular weight excluding hydrogens is 889 g/mol. The maximum atomic E-state index is 12.9. The third-order valence-electron chi connectivity index (χ3n) is 14.4. The zero-order chi connectivity index (χ0) is 52.2. The molecule has 6 nitrogen and oxygen atoms in total. The van der Waals surface area contributed by atoms with Gasteiger partial charge in [-0.2, -0.15) is 0 Å². The number of hydrogen-bond acceptors (Lipinski definition) is 6. The molecule has 0 bridgehead atoms. The highest BCUT2D eigenvalue weighted by atomic mass is 16.6. The Hall–Kier alpha value is -2.37. The summed E-state index contributed by atoms with van der Waals surface area (Å²) in [5, 5.41) is 0. The quantitative estimate of drug-likeness (QED) is 0.0261. The first-order valence-corrected chi connectivity index (χ1v) is 32.0. The van der Waals surface area contributed by atoms with Crippen molar-refractivity contribution in [2.45, 2.75) is 354 Å². The molecule has 0 saturated carbocycles. The Morgan fingerprint density at radius 1 is 0.278 bits per heavy atom. The minimum absolute atomic E-state index is 0.0743. The molecule has 0 aliphatic carbocycles. The van der Waals surface area contributed by atoms with Gasteiger partial charge in [0.25, 0.3) is 0 Å². The lowest BCUT2D eigenvalue weighted by Gasteiger charge is -2.18. The molecule has 1 unspecified atom stereocenters. The SMILES string of the molecule is CCCCCC/C=C\C/C=C\CCCCCCCC(=O)OCC(COC(=O)CCCCCCCCCCCCCCCCCCCCCCC)OC(=O)CCCCCCCCC/C=C\CCCCCCCC. The molecule has 0 aliphatic heterocycles. The van der Waals surface area contributed by atoms with Crippen molar-refractivity contribution < 1.29 is 28.6 Å². The van der Waals surface area contributed by atoms with E-state index in [-0.39, 0.29) is 31.1 Å². The largest absolute Gasteiger partial charge is 0.462 e. The van der Waals surface area contributed by atoms with Crippen molar-refractivity contribution in [2.75, 3.05) is 13.2 Å². The molecule has 0 fully saturated rings. The van der Waals surface area contributed by atoms with E-state index in [0.29, 0.717) is 19.3 Å². The van der Waals surface area contributed by atoms with Crippen molar-refractivity contribution >= 4 is 17.9 Å². The smallest absolute Gasteiger partial charge is 0.306 e. The summed E-state index contributed by atoms with van der Waals surface area (Å²) in [6, 6.07) is 0. The maximum absolute atomic E-state index is 12.9. The van der Waals surface area contributed by atoms with Gasteiger partial charge in [-0.1, -0.05) is 288 Å². The van der Waals surface area contributed by atoms with E-state index in [1.54, 1.807) is 0 Å². The molecule has 0 aromatic heterocycles. The third-order valence-corrected chi connectivity index (χ3v) is 14.4. The van der Waals surface area contributed by atoms with Crippen LogP contribution in [0.4, 0.5) is 0 Å². The number of allylic oxidation sites excluding steroid dienone is 6. The fourth-order valence-corrected chi connectivity index (χ4v) is 9.53. The minimum Gasteiger partial charge on any atom is -0.462 e. The number of ether oxygens (including phenoxy) is 3. The molecule has 72 heavy (non-hydrogen) atoms. The monoisotopic (exact) mass is 1010 g/mol. The van der Waals surface area contributed by atoms with E-state index >= 15 is 0 Å². The van der Waals surface area contributed by atoms with Crippen molar-refractivity contribution in [2.24, 2.45) is 0 Å². The summed E-state index contributed by atoms with van der Waals surface area (Å²) in [6.07, 6.45) is 74.3. The van der Waals surface area contributed by atoms with Gasteiger partial charge in [-0.05, 0) is 77.0 Å². The topological polar surface area (TPSA) is 78.9 Å². The summed E-state index contributed by atoms with van der Waals surface area (Å²) < 4.78 is 16.9. The van der Waals surface area contributed by atoms with Crippen LogP contribution < -0.4 is 0 Å². The Bertz CT molecular complexity index is 1210. The van der Waals surface area contributed by atoms with Crippen LogP contribution in [0.15, 0.2) is 36.5 Å². The Kier molecular flexibility index (Phi) is 59.2. The molecule has 1 atom stereocenters. The molecule has 0 radical (unpaired) electrons. The molecule has 0 aromatic carbocycles. The van der Waals surface area contributed by atoms with Crippen molar-refractivity contribution in [3.63, 3.8) is 0 Å². The molecule has 0 spiro atoms. The highest BCUT2D eigenvalue weighted by Crippen LogP contribution is 2.17.